The second-order valence-electron chi connectivity index (χ2n) is 13.7. The normalized spacial score (nSPS) is 10.9. The molecule has 0 amide bonds. The van der Waals surface area contributed by atoms with Crippen molar-refractivity contribution < 1.29 is 19.8 Å². The first-order chi connectivity index (χ1) is 26.9. The van der Waals surface area contributed by atoms with Gasteiger partial charge in [0.2, 0.25) is 0 Å². The molecule has 0 N–H and O–H groups in total. The lowest BCUT2D eigenvalue weighted by Crippen LogP contribution is -2.36. The molecule has 0 saturated carbocycles. The highest BCUT2D eigenvalue weighted by Crippen LogP contribution is 2.56. The molecule has 0 aliphatic carbocycles. The number of hydrogen-bond acceptors (Lipinski definition) is 6. The van der Waals surface area contributed by atoms with E-state index < -0.39 is 26.5 Å². The predicted octanol–water partition coefficient (Wildman–Crippen LogP) is 4.60. The number of nitrogens with zero attached hydrogens (tertiary/aromatic N) is 2. The van der Waals surface area contributed by atoms with Crippen molar-refractivity contribution in [1.82, 2.24) is 9.80 Å². The van der Waals surface area contributed by atoms with Crippen LogP contribution in [0.1, 0.15) is 13.8 Å². The first-order valence-electron chi connectivity index (χ1n) is 18.7. The molecular weight excluding hydrogens is 730 g/mol. The van der Waals surface area contributed by atoms with Gasteiger partial charge in [-0.2, -0.15) is 0 Å². The highest BCUT2D eigenvalue weighted by molar-refractivity contribution is 7.96. The zero-order valence-corrected chi connectivity index (χ0v) is 35.4. The zero-order chi connectivity index (χ0) is 40.8. The van der Waals surface area contributed by atoms with Gasteiger partial charge in [-0.1, -0.05) is 109 Å². The van der Waals surface area contributed by atoms with E-state index in [4.69, 9.17) is 19.8 Å². The highest BCUT2D eigenvalue weighted by Gasteiger charge is 2.46. The summed E-state index contributed by atoms with van der Waals surface area (Å²) in [6, 6.07) is 66.4. The van der Waals surface area contributed by atoms with Crippen molar-refractivity contribution in [1.29, 1.82) is 0 Å². The topological polar surface area (TPSA) is 86.7 Å². The summed E-state index contributed by atoms with van der Waals surface area (Å²) in [5.74, 6) is -2.17. The second kappa shape index (κ2) is 23.8. The number of hydrogen-bond donors (Lipinski definition) is 0. The van der Waals surface area contributed by atoms with Crippen molar-refractivity contribution in [3.63, 3.8) is 0 Å². The Balaban J connectivity index is 0.000000252. The van der Waals surface area contributed by atoms with E-state index in [1.165, 1.54) is 31.8 Å². The van der Waals surface area contributed by atoms with E-state index in [9.17, 15) is 0 Å². The maximum absolute atomic E-state index is 8.89. The van der Waals surface area contributed by atoms with Gasteiger partial charge in [-0.15, -0.1) is 0 Å². The van der Waals surface area contributed by atoms with Crippen molar-refractivity contribution >= 4 is 58.3 Å². The Morgan fingerprint density at radius 1 is 0.375 bits per heavy atom. The maximum atomic E-state index is 8.89. The average molecular weight is 787 g/mol. The summed E-state index contributed by atoms with van der Waals surface area (Å²) in [4.78, 5) is 22.4. The van der Waals surface area contributed by atoms with Crippen molar-refractivity contribution in [3.8, 4) is 0 Å². The van der Waals surface area contributed by atoms with E-state index in [1.54, 1.807) is 0 Å². The van der Waals surface area contributed by atoms with Gasteiger partial charge in [-0.25, -0.2) is 0 Å². The molecule has 0 atom stereocenters. The smallest absolute Gasteiger partial charge is 0.113 e. The van der Waals surface area contributed by atoms with Crippen molar-refractivity contribution in [2.24, 2.45) is 0 Å². The molecule has 6 aromatic carbocycles. The number of carboxylic acids is 2. The average Bonchev–Trinajstić information content (AvgIpc) is 3.21. The lowest BCUT2D eigenvalue weighted by Gasteiger charge is -2.28. The lowest BCUT2D eigenvalue weighted by atomic mass is 10.4. The molecule has 8 heteroatoms. The Bertz CT molecular complexity index is 1620. The molecule has 0 saturated heterocycles. The molecule has 0 aliphatic rings. The fraction of sp³-hybridized carbons (Fsp3) is 0.208. The Morgan fingerprint density at radius 2 is 0.518 bits per heavy atom. The standard InChI is InChI=1S/2C22H25NP.2C2H4O2/c2*1-23(2)18-19-24(20-12-6-3-7-13-20,21-14-8-4-9-15-21)22-16-10-5-11-17-22;2*1-2(3)4/h2*3-17H,18-19H2,1-2H3;2*1H3,(H,3,4)/q2*+1;;/p-2. The molecule has 0 aromatic heterocycles. The number of carbonyl (C=O) groups is 2. The summed E-state index contributed by atoms with van der Waals surface area (Å²) >= 11 is 0. The van der Waals surface area contributed by atoms with E-state index in [0.717, 1.165) is 39.3 Å². The minimum Gasteiger partial charge on any atom is -0.550 e. The van der Waals surface area contributed by atoms with Crippen LogP contribution in [0.5, 0.6) is 0 Å². The maximum Gasteiger partial charge on any atom is 0.113 e. The molecule has 6 nitrogen and oxygen atoms in total. The van der Waals surface area contributed by atoms with Crippen LogP contribution in [-0.2, 0) is 9.59 Å². The van der Waals surface area contributed by atoms with Crippen LogP contribution in [0.25, 0.3) is 0 Å². The minimum atomic E-state index is -1.65. The van der Waals surface area contributed by atoms with Crippen LogP contribution in [0, 0.1) is 0 Å². The summed E-state index contributed by atoms with van der Waals surface area (Å²) < 4.78 is 0. The summed E-state index contributed by atoms with van der Waals surface area (Å²) in [5, 5.41) is 26.6. The fourth-order valence-electron chi connectivity index (χ4n) is 6.46. The molecule has 0 unspecified atom stereocenters. The molecule has 0 fully saturated rings. The summed E-state index contributed by atoms with van der Waals surface area (Å²) in [5.41, 5.74) is 0. The lowest BCUT2D eigenvalue weighted by molar-refractivity contribution is -0.303. The SMILES string of the molecule is CC(=O)[O-].CC(=O)[O-].CN(C)CC[P+](c1ccccc1)(c1ccccc1)c1ccccc1.CN(C)CC[P+](c1ccccc1)(c1ccccc1)c1ccccc1. The molecule has 6 aromatic rings. The third-order valence-electron chi connectivity index (χ3n) is 8.95. The molecule has 0 bridgehead atoms. The third kappa shape index (κ3) is 13.7. The van der Waals surface area contributed by atoms with Crippen LogP contribution >= 0.6 is 14.5 Å². The van der Waals surface area contributed by atoms with Gasteiger partial charge in [0, 0.05) is 25.0 Å². The Labute approximate surface area is 336 Å². The monoisotopic (exact) mass is 786 g/mol. The summed E-state index contributed by atoms with van der Waals surface area (Å²) in [6.07, 6.45) is 2.30. The molecule has 0 heterocycles. The van der Waals surface area contributed by atoms with Gasteiger partial charge in [-0.05, 0) is 115 Å². The van der Waals surface area contributed by atoms with Crippen molar-refractivity contribution in [3.05, 3.63) is 182 Å². The van der Waals surface area contributed by atoms with Gasteiger partial charge in [0.15, 0.2) is 0 Å². The van der Waals surface area contributed by atoms with Crippen LogP contribution in [0.3, 0.4) is 0 Å². The Morgan fingerprint density at radius 3 is 0.643 bits per heavy atom. The number of rotatable bonds is 12. The number of carbonyl (C=O) groups excluding carboxylic acids is 2. The van der Waals surface area contributed by atoms with E-state index >= 15 is 0 Å². The van der Waals surface area contributed by atoms with Gasteiger partial charge in [-0.3, -0.25) is 0 Å². The fourth-order valence-corrected chi connectivity index (χ4v) is 15.3. The molecular formula is C48H56N2O4P2. The molecule has 6 rings (SSSR count). The molecule has 56 heavy (non-hydrogen) atoms. The number of benzene rings is 6. The largest absolute Gasteiger partial charge is 0.550 e. The highest BCUT2D eigenvalue weighted by atomic mass is 31.2. The summed E-state index contributed by atoms with van der Waals surface area (Å²) in [7, 11) is 5.35. The first kappa shape index (κ1) is 45.4. The predicted molar refractivity (Wildman–Crippen MR) is 238 cm³/mol. The van der Waals surface area contributed by atoms with Crippen LogP contribution in [-0.4, -0.2) is 75.3 Å². The van der Waals surface area contributed by atoms with Crippen molar-refractivity contribution in [2.45, 2.75) is 13.8 Å². The Kier molecular flexibility index (Phi) is 19.3. The van der Waals surface area contributed by atoms with Gasteiger partial charge in [0.1, 0.15) is 46.4 Å². The van der Waals surface area contributed by atoms with E-state index in [2.05, 4.69) is 220 Å². The van der Waals surface area contributed by atoms with E-state index in [0.29, 0.717) is 0 Å². The van der Waals surface area contributed by atoms with E-state index in [1.807, 2.05) is 0 Å². The molecule has 292 valence electrons. The molecule has 0 spiro atoms. The zero-order valence-electron chi connectivity index (χ0n) is 33.6. The van der Waals surface area contributed by atoms with Gasteiger partial charge in [0.25, 0.3) is 0 Å². The summed E-state index contributed by atoms with van der Waals surface area (Å²) in [6.45, 7) is 4.10. The Hall–Kier alpha value is -4.96. The second-order valence-corrected chi connectivity index (χ2v) is 20.9. The number of aliphatic carboxylic acids is 2. The molecule has 0 radical (unpaired) electrons. The van der Waals surface area contributed by atoms with E-state index in [-0.39, 0.29) is 0 Å². The van der Waals surface area contributed by atoms with Gasteiger partial charge < -0.3 is 29.6 Å². The minimum absolute atomic E-state index is 0.972. The van der Waals surface area contributed by atoms with Crippen LogP contribution < -0.4 is 42.0 Å². The van der Waals surface area contributed by atoms with Crippen LogP contribution in [0.15, 0.2) is 182 Å². The quantitative estimate of drug-likeness (QED) is 0.169. The van der Waals surface area contributed by atoms with Crippen LogP contribution in [0.2, 0.25) is 0 Å². The first-order valence-corrected chi connectivity index (χ1v) is 22.6. The third-order valence-corrected chi connectivity index (χ3v) is 17.8. The van der Waals surface area contributed by atoms with Gasteiger partial charge >= 0.3 is 0 Å². The van der Waals surface area contributed by atoms with Crippen molar-refractivity contribution in [2.75, 3.05) is 53.6 Å². The van der Waals surface area contributed by atoms with Gasteiger partial charge in [0.05, 0.1) is 12.3 Å². The number of carboxylic acid groups (broad SMARTS) is 2. The van der Waals surface area contributed by atoms with Crippen LogP contribution in [0.4, 0.5) is 0 Å². The molecule has 0 aliphatic heterocycles.